The van der Waals surface area contributed by atoms with E-state index in [4.69, 9.17) is 11.6 Å². The van der Waals surface area contributed by atoms with Crippen molar-refractivity contribution in [3.63, 3.8) is 0 Å². The molecule has 0 amide bonds. The van der Waals surface area contributed by atoms with E-state index in [9.17, 15) is 0 Å². The maximum absolute atomic E-state index is 6.41. The number of alkyl halides is 1. The first-order valence-corrected chi connectivity index (χ1v) is 8.41. The minimum atomic E-state index is 0.412. The molecule has 2 nitrogen and oxygen atoms in total. The van der Waals surface area contributed by atoms with Gasteiger partial charge in [0.2, 0.25) is 0 Å². The Morgan fingerprint density at radius 3 is 2.45 bits per heavy atom. The Balaban J connectivity index is 2.28. The van der Waals surface area contributed by atoms with E-state index in [1.807, 2.05) is 11.6 Å². The minimum absolute atomic E-state index is 0.412. The van der Waals surface area contributed by atoms with Gasteiger partial charge < -0.3 is 0 Å². The highest BCUT2D eigenvalue weighted by atomic mass is 79.9. The van der Waals surface area contributed by atoms with Crippen LogP contribution >= 0.6 is 27.5 Å². The van der Waals surface area contributed by atoms with Gasteiger partial charge in [0.25, 0.3) is 0 Å². The van der Waals surface area contributed by atoms with Crippen molar-refractivity contribution in [1.29, 1.82) is 0 Å². The van der Waals surface area contributed by atoms with Gasteiger partial charge in [-0.1, -0.05) is 57.4 Å². The highest BCUT2D eigenvalue weighted by Crippen LogP contribution is 2.28. The van der Waals surface area contributed by atoms with Gasteiger partial charge in [0, 0.05) is 11.9 Å². The smallest absolute Gasteiger partial charge is 0.0847 e. The highest BCUT2D eigenvalue weighted by Gasteiger charge is 2.18. The summed E-state index contributed by atoms with van der Waals surface area (Å²) >= 11 is 10.0. The second-order valence-corrected chi connectivity index (χ2v) is 6.15. The van der Waals surface area contributed by atoms with E-state index in [2.05, 4.69) is 59.1 Å². The van der Waals surface area contributed by atoms with Gasteiger partial charge in [-0.3, -0.25) is 4.68 Å². The van der Waals surface area contributed by atoms with Gasteiger partial charge in [0.15, 0.2) is 0 Å². The quantitative estimate of drug-likeness (QED) is 0.698. The number of nitrogens with zero attached hydrogens (tertiary/aromatic N) is 2. The molecule has 0 fully saturated rings. The fourth-order valence-corrected chi connectivity index (χ4v) is 3.21. The zero-order valence-electron chi connectivity index (χ0n) is 12.2. The molecule has 0 saturated heterocycles. The Hall–Kier alpha value is -0.800. The van der Waals surface area contributed by atoms with Crippen LogP contribution in [0.3, 0.4) is 0 Å². The number of rotatable bonds is 5. The fraction of sp³-hybridized carbons (Fsp3) is 0.438. The third-order valence-electron chi connectivity index (χ3n) is 3.63. The number of hydrogen-bond donors (Lipinski definition) is 0. The third-order valence-corrected chi connectivity index (χ3v) is 4.90. The van der Waals surface area contributed by atoms with E-state index in [1.54, 1.807) is 0 Å². The Kier molecular flexibility index (Phi) is 5.28. The van der Waals surface area contributed by atoms with Crippen LogP contribution in [0.1, 0.15) is 35.4 Å². The molecule has 0 aliphatic carbocycles. The van der Waals surface area contributed by atoms with Crippen LogP contribution in [-0.4, -0.2) is 15.1 Å². The first kappa shape index (κ1) is 15.6. The summed E-state index contributed by atoms with van der Waals surface area (Å²) in [6.45, 7) is 7.03. The summed E-state index contributed by atoms with van der Waals surface area (Å²) in [5, 5.41) is 6.22. The first-order chi connectivity index (χ1) is 9.56. The van der Waals surface area contributed by atoms with Crippen LogP contribution in [0.15, 0.2) is 24.3 Å². The predicted octanol–water partition coefficient (Wildman–Crippen LogP) is 4.89. The molecule has 2 aromatic rings. The molecule has 0 aliphatic rings. The van der Waals surface area contributed by atoms with Gasteiger partial charge in [-0.25, -0.2) is 0 Å². The lowest BCUT2D eigenvalue weighted by Crippen LogP contribution is -2.10. The summed E-state index contributed by atoms with van der Waals surface area (Å²) in [5.41, 5.74) is 4.68. The molecule has 4 heteroatoms. The average molecular weight is 356 g/mol. The highest BCUT2D eigenvalue weighted by molar-refractivity contribution is 9.09. The molecule has 2 rings (SSSR count). The standard InChI is InChI=1S/C16H20BrClN2/c1-4-20-15(16(18)12(3)19-20)9-14(10-17)13-7-5-11(2)6-8-13/h5-8,14H,4,9-10H2,1-3H3. The molecule has 0 bridgehead atoms. The van der Waals surface area contributed by atoms with Crippen molar-refractivity contribution < 1.29 is 0 Å². The van der Waals surface area contributed by atoms with Crippen molar-refractivity contribution in [2.45, 2.75) is 39.7 Å². The zero-order valence-corrected chi connectivity index (χ0v) is 14.5. The first-order valence-electron chi connectivity index (χ1n) is 6.91. The van der Waals surface area contributed by atoms with E-state index in [-0.39, 0.29) is 0 Å². The number of benzene rings is 1. The summed E-state index contributed by atoms with van der Waals surface area (Å²) in [4.78, 5) is 0. The summed E-state index contributed by atoms with van der Waals surface area (Å²) in [6.07, 6.45) is 0.905. The number of halogens is 2. The zero-order chi connectivity index (χ0) is 14.7. The van der Waals surface area contributed by atoms with Gasteiger partial charge in [-0.15, -0.1) is 0 Å². The monoisotopic (exact) mass is 354 g/mol. The van der Waals surface area contributed by atoms with Gasteiger partial charge in [-0.05, 0) is 38.7 Å². The average Bonchev–Trinajstić information content (AvgIpc) is 2.73. The van der Waals surface area contributed by atoms with Crippen LogP contribution < -0.4 is 0 Å². The van der Waals surface area contributed by atoms with Crippen molar-refractivity contribution >= 4 is 27.5 Å². The Labute approximate surface area is 134 Å². The van der Waals surface area contributed by atoms with Crippen molar-refractivity contribution in [3.05, 3.63) is 51.8 Å². The molecule has 1 heterocycles. The van der Waals surface area contributed by atoms with Gasteiger partial charge >= 0.3 is 0 Å². The lowest BCUT2D eigenvalue weighted by Gasteiger charge is -2.16. The maximum atomic E-state index is 6.41. The SMILES string of the molecule is CCn1nc(C)c(Cl)c1CC(CBr)c1ccc(C)cc1. The lowest BCUT2D eigenvalue weighted by molar-refractivity contribution is 0.597. The molecular formula is C16H20BrClN2. The Morgan fingerprint density at radius 1 is 1.25 bits per heavy atom. The summed E-state index contributed by atoms with van der Waals surface area (Å²) in [7, 11) is 0. The molecular weight excluding hydrogens is 336 g/mol. The normalized spacial score (nSPS) is 12.7. The molecule has 1 atom stereocenters. The van der Waals surface area contributed by atoms with Crippen LogP contribution in [0.4, 0.5) is 0 Å². The van der Waals surface area contributed by atoms with Crippen LogP contribution in [0, 0.1) is 13.8 Å². The predicted molar refractivity (Wildman–Crippen MR) is 89.1 cm³/mol. The van der Waals surface area contributed by atoms with Crippen molar-refractivity contribution in [2.75, 3.05) is 5.33 Å². The van der Waals surface area contributed by atoms with Gasteiger partial charge in [0.1, 0.15) is 0 Å². The number of hydrogen-bond acceptors (Lipinski definition) is 1. The number of aromatic nitrogens is 2. The van der Waals surface area contributed by atoms with Crippen molar-refractivity contribution in [3.8, 4) is 0 Å². The van der Waals surface area contributed by atoms with E-state index >= 15 is 0 Å². The van der Waals surface area contributed by atoms with Crippen LogP contribution in [0.5, 0.6) is 0 Å². The molecule has 108 valence electrons. The maximum Gasteiger partial charge on any atom is 0.0847 e. The molecule has 0 N–H and O–H groups in total. The van der Waals surface area contributed by atoms with E-state index in [0.717, 1.165) is 34.7 Å². The summed E-state index contributed by atoms with van der Waals surface area (Å²) in [6, 6.07) is 8.73. The molecule has 0 spiro atoms. The fourth-order valence-electron chi connectivity index (χ4n) is 2.40. The molecule has 0 aliphatic heterocycles. The largest absolute Gasteiger partial charge is 0.268 e. The second kappa shape index (κ2) is 6.77. The third kappa shape index (κ3) is 3.26. The van der Waals surface area contributed by atoms with E-state index in [0.29, 0.717) is 5.92 Å². The van der Waals surface area contributed by atoms with Gasteiger partial charge in [0.05, 0.1) is 16.4 Å². The van der Waals surface area contributed by atoms with E-state index < -0.39 is 0 Å². The Morgan fingerprint density at radius 2 is 1.90 bits per heavy atom. The minimum Gasteiger partial charge on any atom is -0.268 e. The molecule has 1 aromatic carbocycles. The number of aryl methyl sites for hydroxylation is 3. The van der Waals surface area contributed by atoms with Crippen LogP contribution in [-0.2, 0) is 13.0 Å². The van der Waals surface area contributed by atoms with Crippen molar-refractivity contribution in [1.82, 2.24) is 9.78 Å². The summed E-state index contributed by atoms with van der Waals surface area (Å²) in [5.74, 6) is 0.412. The van der Waals surface area contributed by atoms with Crippen LogP contribution in [0.2, 0.25) is 5.02 Å². The van der Waals surface area contributed by atoms with Crippen LogP contribution in [0.25, 0.3) is 0 Å². The molecule has 1 aromatic heterocycles. The molecule has 0 radical (unpaired) electrons. The molecule has 1 unspecified atom stereocenters. The molecule has 20 heavy (non-hydrogen) atoms. The lowest BCUT2D eigenvalue weighted by atomic mass is 9.95. The molecule has 0 saturated carbocycles. The summed E-state index contributed by atoms with van der Waals surface area (Å²) < 4.78 is 2.02. The topological polar surface area (TPSA) is 17.8 Å². The van der Waals surface area contributed by atoms with Gasteiger partial charge in [-0.2, -0.15) is 5.10 Å². The van der Waals surface area contributed by atoms with Crippen molar-refractivity contribution in [2.24, 2.45) is 0 Å². The van der Waals surface area contributed by atoms with E-state index in [1.165, 1.54) is 11.1 Å². The second-order valence-electron chi connectivity index (χ2n) is 5.13. The Bertz CT molecular complexity index is 575.